The minimum absolute atomic E-state index is 0.208. The first-order valence-electron chi connectivity index (χ1n) is 4.49. The molecule has 15 heavy (non-hydrogen) atoms. The van der Waals surface area contributed by atoms with Crippen LogP contribution in [0.25, 0.3) is 0 Å². The minimum Gasteiger partial charge on any atom is -0.347 e. The number of carbonyl (C=O) groups excluding carboxylic acids is 1. The summed E-state index contributed by atoms with van der Waals surface area (Å²) >= 11 is 1.45. The number of thiazole rings is 1. The van der Waals surface area contributed by atoms with E-state index >= 15 is 0 Å². The summed E-state index contributed by atoms with van der Waals surface area (Å²) in [6.45, 7) is 0. The van der Waals surface area contributed by atoms with Crippen molar-refractivity contribution >= 4 is 17.2 Å². The molecule has 78 valence electrons. The average Bonchev–Trinajstić information content (AvgIpc) is 2.76. The summed E-state index contributed by atoms with van der Waals surface area (Å²) in [6.07, 6.45) is 3.71. The van der Waals surface area contributed by atoms with E-state index in [0.717, 1.165) is 0 Å². The third-order valence-corrected chi connectivity index (χ3v) is 2.97. The Balaban J connectivity index is 2.40. The van der Waals surface area contributed by atoms with E-state index in [1.54, 1.807) is 10.6 Å². The standard InChI is InChI=1S/C10H11N3OS/c1-12-5-3-4-8(12)9(14)11-10-13(2)6-7-15-10/h3-7H,1-2H3. The molecule has 0 aliphatic heterocycles. The van der Waals surface area contributed by atoms with E-state index in [1.807, 2.05) is 42.5 Å². The highest BCUT2D eigenvalue weighted by Gasteiger charge is 2.06. The highest BCUT2D eigenvalue weighted by molar-refractivity contribution is 7.07. The van der Waals surface area contributed by atoms with Crippen molar-refractivity contribution in [3.05, 3.63) is 40.4 Å². The molecular weight excluding hydrogens is 210 g/mol. The molecule has 0 spiro atoms. The van der Waals surface area contributed by atoms with E-state index in [2.05, 4.69) is 4.99 Å². The van der Waals surface area contributed by atoms with E-state index in [-0.39, 0.29) is 5.91 Å². The number of aryl methyl sites for hydroxylation is 2. The molecule has 2 rings (SSSR count). The molecule has 5 heteroatoms. The first-order valence-corrected chi connectivity index (χ1v) is 5.37. The van der Waals surface area contributed by atoms with Gasteiger partial charge in [0.2, 0.25) is 0 Å². The number of amides is 1. The smallest absolute Gasteiger partial charge is 0.296 e. The van der Waals surface area contributed by atoms with E-state index in [0.29, 0.717) is 10.5 Å². The number of rotatable bonds is 1. The Hall–Kier alpha value is -1.62. The van der Waals surface area contributed by atoms with Gasteiger partial charge in [0.15, 0.2) is 4.80 Å². The molecule has 2 aromatic heterocycles. The van der Waals surface area contributed by atoms with Crippen LogP contribution < -0.4 is 4.80 Å². The zero-order chi connectivity index (χ0) is 10.8. The van der Waals surface area contributed by atoms with Gasteiger partial charge in [0.25, 0.3) is 5.91 Å². The van der Waals surface area contributed by atoms with Gasteiger partial charge in [0.1, 0.15) is 5.69 Å². The molecule has 0 aromatic carbocycles. The minimum atomic E-state index is -0.208. The second kappa shape index (κ2) is 3.86. The van der Waals surface area contributed by atoms with Crippen LogP contribution in [-0.4, -0.2) is 15.0 Å². The van der Waals surface area contributed by atoms with Gasteiger partial charge in [-0.15, -0.1) is 11.3 Å². The Labute approximate surface area is 91.1 Å². The molecule has 0 radical (unpaired) electrons. The molecule has 0 bridgehead atoms. The van der Waals surface area contributed by atoms with Crippen LogP contribution in [0.2, 0.25) is 0 Å². The molecular formula is C10H11N3OS. The Bertz CT molecular complexity index is 547. The summed E-state index contributed by atoms with van der Waals surface area (Å²) in [4.78, 5) is 16.5. The summed E-state index contributed by atoms with van der Waals surface area (Å²) in [6, 6.07) is 3.59. The maximum atomic E-state index is 11.8. The highest BCUT2D eigenvalue weighted by atomic mass is 32.1. The second-order valence-corrected chi connectivity index (χ2v) is 4.09. The van der Waals surface area contributed by atoms with Gasteiger partial charge in [0.05, 0.1) is 0 Å². The highest BCUT2D eigenvalue weighted by Crippen LogP contribution is 2.01. The molecule has 0 saturated heterocycles. The molecule has 0 fully saturated rings. The first-order chi connectivity index (χ1) is 7.18. The van der Waals surface area contributed by atoms with Gasteiger partial charge in [-0.1, -0.05) is 0 Å². The van der Waals surface area contributed by atoms with Crippen LogP contribution >= 0.6 is 11.3 Å². The fourth-order valence-corrected chi connectivity index (χ4v) is 1.99. The fraction of sp³-hybridized carbons (Fsp3) is 0.200. The van der Waals surface area contributed by atoms with Crippen molar-refractivity contribution < 1.29 is 4.79 Å². The molecule has 0 atom stereocenters. The average molecular weight is 221 g/mol. The second-order valence-electron chi connectivity index (χ2n) is 3.22. The molecule has 4 nitrogen and oxygen atoms in total. The van der Waals surface area contributed by atoms with Crippen LogP contribution in [0, 0.1) is 0 Å². The Morgan fingerprint density at radius 1 is 1.33 bits per heavy atom. The molecule has 0 saturated carbocycles. The van der Waals surface area contributed by atoms with Gasteiger partial charge in [-0.3, -0.25) is 4.79 Å². The maximum absolute atomic E-state index is 11.8. The van der Waals surface area contributed by atoms with Crippen LogP contribution in [0.1, 0.15) is 10.5 Å². The number of aromatic nitrogens is 2. The van der Waals surface area contributed by atoms with E-state index < -0.39 is 0 Å². The van der Waals surface area contributed by atoms with E-state index in [1.165, 1.54) is 11.3 Å². The summed E-state index contributed by atoms with van der Waals surface area (Å²) in [7, 11) is 3.70. The monoisotopic (exact) mass is 221 g/mol. The molecule has 0 unspecified atom stereocenters. The Morgan fingerprint density at radius 2 is 2.13 bits per heavy atom. The quantitative estimate of drug-likeness (QED) is 0.712. The first kappa shape index (κ1) is 9.92. The van der Waals surface area contributed by atoms with Crippen molar-refractivity contribution in [2.24, 2.45) is 19.1 Å². The van der Waals surface area contributed by atoms with Gasteiger partial charge < -0.3 is 9.13 Å². The van der Waals surface area contributed by atoms with Crippen molar-refractivity contribution in [1.29, 1.82) is 0 Å². The number of hydrogen-bond donors (Lipinski definition) is 0. The summed E-state index contributed by atoms with van der Waals surface area (Å²) in [5, 5.41) is 1.90. The lowest BCUT2D eigenvalue weighted by atomic mass is 10.4. The molecule has 2 aromatic rings. The molecule has 0 N–H and O–H groups in total. The normalized spacial score (nSPS) is 12.0. The Kier molecular flexibility index (Phi) is 2.55. The lowest BCUT2D eigenvalue weighted by molar-refractivity contribution is 0.0990. The fourth-order valence-electron chi connectivity index (χ4n) is 1.26. The largest absolute Gasteiger partial charge is 0.347 e. The topological polar surface area (TPSA) is 39.3 Å². The summed E-state index contributed by atoms with van der Waals surface area (Å²) in [5.41, 5.74) is 0.600. The van der Waals surface area contributed by atoms with Crippen LogP contribution in [-0.2, 0) is 14.1 Å². The summed E-state index contributed by atoms with van der Waals surface area (Å²) in [5.74, 6) is -0.208. The predicted molar refractivity (Wildman–Crippen MR) is 58.6 cm³/mol. The van der Waals surface area contributed by atoms with Crippen molar-refractivity contribution in [3.8, 4) is 0 Å². The van der Waals surface area contributed by atoms with Crippen molar-refractivity contribution in [2.75, 3.05) is 0 Å². The van der Waals surface area contributed by atoms with Crippen LogP contribution in [0.3, 0.4) is 0 Å². The van der Waals surface area contributed by atoms with Crippen LogP contribution in [0.4, 0.5) is 0 Å². The number of hydrogen-bond acceptors (Lipinski definition) is 2. The Morgan fingerprint density at radius 3 is 2.67 bits per heavy atom. The number of nitrogens with zero attached hydrogens (tertiary/aromatic N) is 3. The van der Waals surface area contributed by atoms with Gasteiger partial charge in [-0.2, -0.15) is 4.99 Å². The SMILES string of the molecule is Cn1cccc1C(=O)N=c1sccn1C. The van der Waals surface area contributed by atoms with E-state index in [4.69, 9.17) is 0 Å². The predicted octanol–water partition coefficient (Wildman–Crippen LogP) is 1.17. The zero-order valence-electron chi connectivity index (χ0n) is 8.54. The molecule has 0 aliphatic carbocycles. The van der Waals surface area contributed by atoms with Gasteiger partial charge in [0, 0.05) is 31.9 Å². The van der Waals surface area contributed by atoms with Crippen molar-refractivity contribution in [3.63, 3.8) is 0 Å². The van der Waals surface area contributed by atoms with Gasteiger partial charge in [-0.25, -0.2) is 0 Å². The van der Waals surface area contributed by atoms with Crippen molar-refractivity contribution in [2.45, 2.75) is 0 Å². The molecule has 0 aliphatic rings. The third-order valence-electron chi connectivity index (χ3n) is 2.12. The lowest BCUT2D eigenvalue weighted by Crippen LogP contribution is -2.13. The number of carbonyl (C=O) groups is 1. The maximum Gasteiger partial charge on any atom is 0.296 e. The van der Waals surface area contributed by atoms with Gasteiger partial charge >= 0.3 is 0 Å². The van der Waals surface area contributed by atoms with Crippen LogP contribution in [0.5, 0.6) is 0 Å². The van der Waals surface area contributed by atoms with Gasteiger partial charge in [-0.05, 0) is 12.1 Å². The summed E-state index contributed by atoms with van der Waals surface area (Å²) < 4.78 is 3.59. The molecule has 2 heterocycles. The van der Waals surface area contributed by atoms with Crippen LogP contribution in [0.15, 0.2) is 34.9 Å². The third kappa shape index (κ3) is 1.92. The molecule has 1 amide bonds. The van der Waals surface area contributed by atoms with Crippen molar-refractivity contribution in [1.82, 2.24) is 9.13 Å². The zero-order valence-corrected chi connectivity index (χ0v) is 9.36. The van der Waals surface area contributed by atoms with E-state index in [9.17, 15) is 4.79 Å². The lowest BCUT2D eigenvalue weighted by Gasteiger charge is -1.96.